The molecule has 5 nitrogen and oxygen atoms in total. The van der Waals surface area contributed by atoms with Crippen LogP contribution in [0.3, 0.4) is 0 Å². The molecule has 0 aromatic heterocycles. The number of carbonyl (C=O) groups is 1. The third-order valence-corrected chi connectivity index (χ3v) is 2.37. The number of carbonyl (C=O) groups excluding carboxylic acids is 1. The molecular weight excluding hydrogens is 220 g/mol. The third kappa shape index (κ3) is 3.11. The zero-order valence-electron chi connectivity index (χ0n) is 9.55. The van der Waals surface area contributed by atoms with Gasteiger partial charge in [0, 0.05) is 13.1 Å². The van der Waals surface area contributed by atoms with Crippen LogP contribution in [0.15, 0.2) is 18.2 Å². The summed E-state index contributed by atoms with van der Waals surface area (Å²) in [6.45, 7) is 2.53. The predicted molar refractivity (Wildman–Crippen MR) is 61.6 cm³/mol. The average molecular weight is 234 g/mol. The Morgan fingerprint density at radius 1 is 1.47 bits per heavy atom. The molecular formula is C12H14N2O3. The van der Waals surface area contributed by atoms with Crippen molar-refractivity contribution in [2.24, 2.45) is 0 Å². The van der Waals surface area contributed by atoms with E-state index in [1.54, 1.807) is 6.92 Å². The number of rotatable bonds is 4. The van der Waals surface area contributed by atoms with Crippen molar-refractivity contribution >= 4 is 5.91 Å². The monoisotopic (exact) mass is 234 g/mol. The Morgan fingerprint density at radius 3 is 2.76 bits per heavy atom. The number of benzene rings is 1. The van der Waals surface area contributed by atoms with Gasteiger partial charge in [0.1, 0.15) is 11.5 Å². The van der Waals surface area contributed by atoms with Crippen molar-refractivity contribution < 1.29 is 15.0 Å². The van der Waals surface area contributed by atoms with Crippen LogP contribution >= 0.6 is 0 Å². The molecule has 0 saturated carbocycles. The number of hydrogen-bond acceptors (Lipinski definition) is 4. The molecule has 1 amide bonds. The van der Waals surface area contributed by atoms with Crippen LogP contribution < -0.4 is 0 Å². The summed E-state index contributed by atoms with van der Waals surface area (Å²) in [5.41, 5.74) is 0.0461. The summed E-state index contributed by atoms with van der Waals surface area (Å²) in [6, 6.07) is 5.74. The summed E-state index contributed by atoms with van der Waals surface area (Å²) in [7, 11) is 0. The number of hydrogen-bond donors (Lipinski definition) is 2. The standard InChI is InChI=1S/C12H14N2O3/c1-2-14(7-3-6-13)12(17)10-8-9(15)4-5-11(10)16/h4-5,8,15-16H,2-3,7H2,1H3. The fourth-order valence-electron chi connectivity index (χ4n) is 1.45. The summed E-state index contributed by atoms with van der Waals surface area (Å²) in [5, 5.41) is 27.3. The largest absolute Gasteiger partial charge is 0.508 e. The van der Waals surface area contributed by atoms with Gasteiger partial charge >= 0.3 is 0 Å². The van der Waals surface area contributed by atoms with Crippen molar-refractivity contribution in [3.63, 3.8) is 0 Å². The van der Waals surface area contributed by atoms with Gasteiger partial charge in [-0.3, -0.25) is 4.79 Å². The molecule has 2 N–H and O–H groups in total. The summed E-state index contributed by atoms with van der Waals surface area (Å²) < 4.78 is 0. The number of phenols is 2. The van der Waals surface area contributed by atoms with Crippen LogP contribution in [-0.2, 0) is 0 Å². The van der Waals surface area contributed by atoms with E-state index in [0.717, 1.165) is 0 Å². The lowest BCUT2D eigenvalue weighted by atomic mass is 10.1. The van der Waals surface area contributed by atoms with Crippen LogP contribution in [0, 0.1) is 11.3 Å². The number of phenolic OH excluding ortho intramolecular Hbond substituents is 2. The van der Waals surface area contributed by atoms with Gasteiger partial charge in [0.25, 0.3) is 5.91 Å². The van der Waals surface area contributed by atoms with Crippen LogP contribution in [0.5, 0.6) is 11.5 Å². The highest BCUT2D eigenvalue weighted by Crippen LogP contribution is 2.23. The first-order chi connectivity index (χ1) is 8.10. The summed E-state index contributed by atoms with van der Waals surface area (Å²) in [6.07, 6.45) is 0.235. The lowest BCUT2D eigenvalue weighted by Crippen LogP contribution is -2.31. The van der Waals surface area contributed by atoms with Crippen molar-refractivity contribution in [1.29, 1.82) is 5.26 Å². The van der Waals surface area contributed by atoms with Gasteiger partial charge in [-0.1, -0.05) is 0 Å². The Kier molecular flexibility index (Phi) is 4.35. The molecule has 0 bridgehead atoms. The van der Waals surface area contributed by atoms with Crippen LogP contribution in [0.25, 0.3) is 0 Å². The van der Waals surface area contributed by atoms with E-state index in [9.17, 15) is 15.0 Å². The zero-order valence-corrected chi connectivity index (χ0v) is 9.55. The molecule has 0 saturated heterocycles. The molecule has 0 spiro atoms. The molecule has 1 aromatic carbocycles. The van der Waals surface area contributed by atoms with Crippen LogP contribution in [0.4, 0.5) is 0 Å². The molecule has 0 heterocycles. The second kappa shape index (κ2) is 5.75. The Hall–Kier alpha value is -2.22. The zero-order chi connectivity index (χ0) is 12.8. The van der Waals surface area contributed by atoms with Gasteiger partial charge in [0.2, 0.25) is 0 Å². The normalized spacial score (nSPS) is 9.65. The number of aromatic hydroxyl groups is 2. The highest BCUT2D eigenvalue weighted by molar-refractivity contribution is 5.97. The van der Waals surface area contributed by atoms with Gasteiger partial charge in [-0.2, -0.15) is 5.26 Å². The molecule has 0 atom stereocenters. The summed E-state index contributed by atoms with van der Waals surface area (Å²) in [5.74, 6) is -0.651. The van der Waals surface area contributed by atoms with E-state index in [4.69, 9.17) is 5.26 Å². The molecule has 17 heavy (non-hydrogen) atoms. The van der Waals surface area contributed by atoms with Crippen molar-refractivity contribution in [2.45, 2.75) is 13.3 Å². The summed E-state index contributed by atoms with van der Waals surface area (Å²) in [4.78, 5) is 13.4. The van der Waals surface area contributed by atoms with Crippen LogP contribution in [0.2, 0.25) is 0 Å². The van der Waals surface area contributed by atoms with Gasteiger partial charge < -0.3 is 15.1 Å². The maximum atomic E-state index is 12.0. The first-order valence-electron chi connectivity index (χ1n) is 5.28. The van der Waals surface area contributed by atoms with E-state index in [1.807, 2.05) is 6.07 Å². The molecule has 5 heteroatoms. The summed E-state index contributed by atoms with van der Waals surface area (Å²) >= 11 is 0. The smallest absolute Gasteiger partial charge is 0.257 e. The lowest BCUT2D eigenvalue weighted by Gasteiger charge is -2.20. The Bertz CT molecular complexity index is 452. The lowest BCUT2D eigenvalue weighted by molar-refractivity contribution is 0.0764. The number of nitrogens with zero attached hydrogens (tertiary/aromatic N) is 2. The van der Waals surface area contributed by atoms with Gasteiger partial charge in [-0.05, 0) is 25.1 Å². The maximum absolute atomic E-state index is 12.0. The average Bonchev–Trinajstić information content (AvgIpc) is 2.33. The molecule has 0 fully saturated rings. The van der Waals surface area contributed by atoms with Gasteiger partial charge in [-0.25, -0.2) is 0 Å². The second-order valence-electron chi connectivity index (χ2n) is 3.49. The van der Waals surface area contributed by atoms with E-state index in [1.165, 1.54) is 23.1 Å². The first-order valence-corrected chi connectivity index (χ1v) is 5.28. The third-order valence-electron chi connectivity index (χ3n) is 2.37. The molecule has 0 aliphatic rings. The van der Waals surface area contributed by atoms with Gasteiger partial charge in [0.15, 0.2) is 0 Å². The van der Waals surface area contributed by atoms with E-state index >= 15 is 0 Å². The van der Waals surface area contributed by atoms with Gasteiger partial charge in [0.05, 0.1) is 18.1 Å². The quantitative estimate of drug-likeness (QED) is 0.772. The fraction of sp³-hybridized carbons (Fsp3) is 0.333. The minimum Gasteiger partial charge on any atom is -0.508 e. The predicted octanol–water partition coefficient (Wildman–Crippen LogP) is 1.47. The molecule has 0 radical (unpaired) electrons. The molecule has 1 rings (SSSR count). The Morgan fingerprint density at radius 2 is 2.18 bits per heavy atom. The van der Waals surface area contributed by atoms with E-state index < -0.39 is 5.91 Å². The second-order valence-corrected chi connectivity index (χ2v) is 3.49. The SMILES string of the molecule is CCN(CCC#N)C(=O)c1cc(O)ccc1O. The van der Waals surface area contributed by atoms with Gasteiger partial charge in [-0.15, -0.1) is 0 Å². The number of amides is 1. The van der Waals surface area contributed by atoms with Crippen LogP contribution in [0.1, 0.15) is 23.7 Å². The highest BCUT2D eigenvalue weighted by atomic mass is 16.3. The topological polar surface area (TPSA) is 84.6 Å². The molecule has 0 unspecified atom stereocenters. The highest BCUT2D eigenvalue weighted by Gasteiger charge is 2.17. The van der Waals surface area contributed by atoms with Crippen molar-refractivity contribution in [3.8, 4) is 17.6 Å². The minimum atomic E-state index is -0.392. The van der Waals surface area contributed by atoms with Crippen LogP contribution in [-0.4, -0.2) is 34.1 Å². The number of nitriles is 1. The van der Waals surface area contributed by atoms with E-state index in [-0.39, 0.29) is 23.5 Å². The minimum absolute atomic E-state index is 0.0461. The molecule has 0 aliphatic carbocycles. The molecule has 1 aromatic rings. The molecule has 90 valence electrons. The first kappa shape index (κ1) is 12.8. The van der Waals surface area contributed by atoms with E-state index in [2.05, 4.69) is 0 Å². The maximum Gasteiger partial charge on any atom is 0.257 e. The van der Waals surface area contributed by atoms with Crippen molar-refractivity contribution in [2.75, 3.05) is 13.1 Å². The van der Waals surface area contributed by atoms with Crippen molar-refractivity contribution in [3.05, 3.63) is 23.8 Å². The van der Waals surface area contributed by atoms with Crippen molar-refractivity contribution in [1.82, 2.24) is 4.90 Å². The fourth-order valence-corrected chi connectivity index (χ4v) is 1.45. The van der Waals surface area contributed by atoms with E-state index in [0.29, 0.717) is 13.1 Å². The molecule has 0 aliphatic heterocycles. The Labute approximate surface area is 99.5 Å². The Balaban J connectivity index is 2.94.